The Hall–Kier alpha value is 0.110. The highest BCUT2D eigenvalue weighted by Crippen LogP contribution is 2.28. The lowest BCUT2D eigenvalue weighted by Crippen LogP contribution is -2.32. The molecule has 1 aliphatic rings. The normalized spacial score (nSPS) is 30.6. The highest BCUT2D eigenvalue weighted by molar-refractivity contribution is 7.84. The van der Waals surface area contributed by atoms with Gasteiger partial charge in [-0.2, -0.15) is 0 Å². The fourth-order valence-electron chi connectivity index (χ4n) is 2.23. The number of nitrogens with one attached hydrogen (secondary N) is 1. The first-order valence-electron chi connectivity index (χ1n) is 5.27. The van der Waals surface area contributed by atoms with E-state index in [9.17, 15) is 4.21 Å². The van der Waals surface area contributed by atoms with E-state index in [0.29, 0.717) is 6.04 Å². The minimum Gasteiger partial charge on any atom is -0.314 e. The third-order valence-electron chi connectivity index (χ3n) is 2.90. The van der Waals surface area contributed by atoms with Gasteiger partial charge in [-0.05, 0) is 31.7 Å². The lowest BCUT2D eigenvalue weighted by molar-refractivity contribution is 0.400. The Morgan fingerprint density at radius 3 is 2.85 bits per heavy atom. The summed E-state index contributed by atoms with van der Waals surface area (Å²) in [5.74, 6) is 1.66. The quantitative estimate of drug-likeness (QED) is 0.734. The molecular weight excluding hydrogens is 182 g/mol. The number of hydrogen-bond donors (Lipinski definition) is 1. The summed E-state index contributed by atoms with van der Waals surface area (Å²) < 4.78 is 11.0. The molecule has 1 fully saturated rings. The average Bonchev–Trinajstić information content (AvgIpc) is 2.49. The first kappa shape index (κ1) is 11.2. The Balaban J connectivity index is 2.26. The highest BCUT2D eigenvalue weighted by Gasteiger charge is 2.25. The molecule has 0 radical (unpaired) electrons. The van der Waals surface area contributed by atoms with E-state index in [1.165, 1.54) is 19.3 Å². The van der Waals surface area contributed by atoms with Crippen molar-refractivity contribution in [2.75, 3.05) is 18.6 Å². The topological polar surface area (TPSA) is 29.1 Å². The van der Waals surface area contributed by atoms with Crippen molar-refractivity contribution in [2.45, 2.75) is 38.6 Å². The maximum Gasteiger partial charge on any atom is 0.0235 e. The lowest BCUT2D eigenvalue weighted by atomic mass is 10.0. The number of rotatable bonds is 5. The molecule has 0 aromatic heterocycles. The van der Waals surface area contributed by atoms with Crippen LogP contribution in [-0.4, -0.2) is 28.8 Å². The molecule has 1 N–H and O–H groups in total. The lowest BCUT2D eigenvalue weighted by Gasteiger charge is -2.19. The molecule has 3 unspecified atom stereocenters. The van der Waals surface area contributed by atoms with E-state index in [0.717, 1.165) is 24.6 Å². The second-order valence-electron chi connectivity index (χ2n) is 3.92. The van der Waals surface area contributed by atoms with E-state index >= 15 is 0 Å². The maximum atomic E-state index is 11.0. The summed E-state index contributed by atoms with van der Waals surface area (Å²) in [6.45, 7) is 3.23. The predicted octanol–water partition coefficient (Wildman–Crippen LogP) is 1.53. The summed E-state index contributed by atoms with van der Waals surface area (Å²) in [4.78, 5) is 0. The van der Waals surface area contributed by atoms with Crippen LogP contribution in [0.5, 0.6) is 0 Å². The molecule has 0 amide bonds. The van der Waals surface area contributed by atoms with Gasteiger partial charge in [-0.3, -0.25) is 4.21 Å². The van der Waals surface area contributed by atoms with Gasteiger partial charge < -0.3 is 5.32 Å². The van der Waals surface area contributed by atoms with Crippen LogP contribution in [0.1, 0.15) is 32.6 Å². The van der Waals surface area contributed by atoms with Gasteiger partial charge in [-0.25, -0.2) is 0 Å². The van der Waals surface area contributed by atoms with Gasteiger partial charge in [-0.15, -0.1) is 0 Å². The van der Waals surface area contributed by atoms with Gasteiger partial charge in [-0.1, -0.05) is 13.3 Å². The molecule has 0 spiro atoms. The molecular formula is C10H21NOS. The molecule has 0 aromatic rings. The molecule has 0 aromatic carbocycles. The van der Waals surface area contributed by atoms with Crippen LogP contribution in [-0.2, 0) is 10.8 Å². The van der Waals surface area contributed by atoms with Crippen molar-refractivity contribution >= 4 is 10.8 Å². The van der Waals surface area contributed by atoms with Crippen LogP contribution in [0.3, 0.4) is 0 Å². The zero-order chi connectivity index (χ0) is 9.68. The van der Waals surface area contributed by atoms with Crippen LogP contribution < -0.4 is 5.32 Å². The largest absolute Gasteiger partial charge is 0.314 e. The smallest absolute Gasteiger partial charge is 0.0235 e. The van der Waals surface area contributed by atoms with Gasteiger partial charge in [0.15, 0.2) is 0 Å². The molecule has 0 aliphatic heterocycles. The summed E-state index contributed by atoms with van der Waals surface area (Å²) in [7, 11) is -0.608. The fourth-order valence-corrected chi connectivity index (χ4v) is 2.87. The second-order valence-corrected chi connectivity index (χ2v) is 5.48. The predicted molar refractivity (Wildman–Crippen MR) is 58.4 cm³/mol. The van der Waals surface area contributed by atoms with Crippen molar-refractivity contribution in [1.29, 1.82) is 0 Å². The molecule has 3 heteroatoms. The molecule has 78 valence electrons. The van der Waals surface area contributed by atoms with Gasteiger partial charge in [0.25, 0.3) is 0 Å². The van der Waals surface area contributed by atoms with Gasteiger partial charge in [0, 0.05) is 28.9 Å². The van der Waals surface area contributed by atoms with E-state index in [4.69, 9.17) is 0 Å². The van der Waals surface area contributed by atoms with Gasteiger partial charge in [0.1, 0.15) is 0 Å². The van der Waals surface area contributed by atoms with Crippen molar-refractivity contribution in [3.05, 3.63) is 0 Å². The Bertz CT molecular complexity index is 172. The molecule has 1 saturated carbocycles. The zero-order valence-corrected chi connectivity index (χ0v) is 9.53. The minimum atomic E-state index is -0.608. The Morgan fingerprint density at radius 2 is 2.23 bits per heavy atom. The molecule has 0 bridgehead atoms. The summed E-state index contributed by atoms with van der Waals surface area (Å²) in [6.07, 6.45) is 6.93. The van der Waals surface area contributed by atoms with Crippen LogP contribution in [0.15, 0.2) is 0 Å². The van der Waals surface area contributed by atoms with Crippen LogP contribution in [0.4, 0.5) is 0 Å². The summed E-state index contributed by atoms with van der Waals surface area (Å²) >= 11 is 0. The van der Waals surface area contributed by atoms with Crippen molar-refractivity contribution in [1.82, 2.24) is 5.32 Å². The molecule has 1 aliphatic carbocycles. The SMILES string of the molecule is CCNC1CCCC1CCS(C)=O. The summed E-state index contributed by atoms with van der Waals surface area (Å²) in [5.41, 5.74) is 0. The van der Waals surface area contributed by atoms with Crippen LogP contribution in [0.25, 0.3) is 0 Å². The van der Waals surface area contributed by atoms with Crippen molar-refractivity contribution in [3.63, 3.8) is 0 Å². The first-order chi connectivity index (χ1) is 6.24. The van der Waals surface area contributed by atoms with Crippen molar-refractivity contribution in [2.24, 2.45) is 5.92 Å². The van der Waals surface area contributed by atoms with Crippen LogP contribution in [0, 0.1) is 5.92 Å². The van der Waals surface area contributed by atoms with Gasteiger partial charge in [0.05, 0.1) is 0 Å². The third-order valence-corrected chi connectivity index (χ3v) is 3.71. The van der Waals surface area contributed by atoms with Crippen molar-refractivity contribution < 1.29 is 4.21 Å². The van der Waals surface area contributed by atoms with E-state index in [1.54, 1.807) is 6.26 Å². The Morgan fingerprint density at radius 1 is 1.46 bits per heavy atom. The van der Waals surface area contributed by atoms with Gasteiger partial charge >= 0.3 is 0 Å². The van der Waals surface area contributed by atoms with Crippen LogP contribution >= 0.6 is 0 Å². The van der Waals surface area contributed by atoms with E-state index in [-0.39, 0.29) is 0 Å². The summed E-state index contributed by atoms with van der Waals surface area (Å²) in [6, 6.07) is 0.702. The van der Waals surface area contributed by atoms with E-state index in [1.807, 2.05) is 0 Å². The first-order valence-corrected chi connectivity index (χ1v) is 7.00. The van der Waals surface area contributed by atoms with Crippen LogP contribution in [0.2, 0.25) is 0 Å². The third kappa shape index (κ3) is 3.77. The highest BCUT2D eigenvalue weighted by atomic mass is 32.2. The van der Waals surface area contributed by atoms with Gasteiger partial charge in [0.2, 0.25) is 0 Å². The van der Waals surface area contributed by atoms with Crippen molar-refractivity contribution in [3.8, 4) is 0 Å². The molecule has 1 rings (SSSR count). The molecule has 0 saturated heterocycles. The monoisotopic (exact) mass is 203 g/mol. The zero-order valence-electron chi connectivity index (χ0n) is 8.71. The number of hydrogen-bond acceptors (Lipinski definition) is 2. The second kappa shape index (κ2) is 5.76. The maximum absolute atomic E-state index is 11.0. The Kier molecular flexibility index (Phi) is 4.96. The molecule has 2 nitrogen and oxygen atoms in total. The van der Waals surface area contributed by atoms with E-state index in [2.05, 4.69) is 12.2 Å². The average molecular weight is 203 g/mol. The minimum absolute atomic E-state index is 0.608. The van der Waals surface area contributed by atoms with E-state index < -0.39 is 10.8 Å². The summed E-state index contributed by atoms with van der Waals surface area (Å²) in [5, 5.41) is 3.52. The molecule has 13 heavy (non-hydrogen) atoms. The fraction of sp³-hybridized carbons (Fsp3) is 1.00. The Labute approximate surface area is 83.9 Å². The molecule has 0 heterocycles. The standard InChI is InChI=1S/C10H21NOS/c1-3-11-10-6-4-5-9(10)7-8-13(2)12/h9-11H,3-8H2,1-2H3. The molecule has 3 atom stereocenters.